The first-order valence-corrected chi connectivity index (χ1v) is 6.60. The Bertz CT molecular complexity index is 162. The predicted molar refractivity (Wildman–Crippen MR) is 67.3 cm³/mol. The molecule has 0 aromatic heterocycles. The van der Waals surface area contributed by atoms with Gasteiger partial charge in [-0.3, -0.25) is 0 Å². The van der Waals surface area contributed by atoms with Crippen LogP contribution in [-0.2, 0) is 0 Å². The molecular weight excluding hydrogens is 184 g/mol. The van der Waals surface area contributed by atoms with Crippen LogP contribution < -0.4 is 5.32 Å². The van der Waals surface area contributed by atoms with E-state index in [2.05, 4.69) is 31.2 Å². The molecule has 0 unspecified atom stereocenters. The molecule has 1 aliphatic carbocycles. The molecule has 1 saturated carbocycles. The summed E-state index contributed by atoms with van der Waals surface area (Å²) < 4.78 is 0. The van der Waals surface area contributed by atoms with Gasteiger partial charge in [-0.25, -0.2) is 0 Å². The lowest BCUT2D eigenvalue weighted by atomic mass is 9.79. The number of nitrogens with one attached hydrogen (secondary N) is 1. The zero-order valence-electron chi connectivity index (χ0n) is 10.8. The summed E-state index contributed by atoms with van der Waals surface area (Å²) in [5.74, 6) is 0. The third kappa shape index (κ3) is 4.12. The molecule has 0 saturated heterocycles. The van der Waals surface area contributed by atoms with Gasteiger partial charge in [0.15, 0.2) is 0 Å². The highest BCUT2D eigenvalue weighted by molar-refractivity contribution is 4.90. The van der Waals surface area contributed by atoms with Gasteiger partial charge in [0, 0.05) is 5.54 Å². The van der Waals surface area contributed by atoms with Crippen LogP contribution in [0.25, 0.3) is 0 Å². The fourth-order valence-electron chi connectivity index (χ4n) is 2.75. The maximum atomic E-state index is 3.59. The van der Waals surface area contributed by atoms with Crippen molar-refractivity contribution in [3.8, 4) is 0 Å². The second-order valence-electron chi connectivity index (χ2n) is 5.14. The second-order valence-corrected chi connectivity index (χ2v) is 5.14. The molecule has 0 amide bonds. The van der Waals surface area contributed by atoms with E-state index in [0.717, 1.165) is 0 Å². The van der Waals surface area contributed by atoms with Crippen LogP contribution >= 0.6 is 0 Å². The number of hydrogen-bond donors (Lipinski definition) is 1. The third-order valence-corrected chi connectivity index (χ3v) is 3.92. The first kappa shape index (κ1) is 13.0. The molecule has 2 nitrogen and oxygen atoms in total. The normalized spacial score (nSPS) is 20.8. The van der Waals surface area contributed by atoms with Crippen LogP contribution in [0.1, 0.15) is 51.9 Å². The van der Waals surface area contributed by atoms with E-state index >= 15 is 0 Å². The Hall–Kier alpha value is -0.0800. The van der Waals surface area contributed by atoms with Crippen molar-refractivity contribution in [2.24, 2.45) is 0 Å². The maximum Gasteiger partial charge on any atom is 0.0190 e. The lowest BCUT2D eigenvalue weighted by Gasteiger charge is -2.38. The summed E-state index contributed by atoms with van der Waals surface area (Å²) in [6, 6.07) is 0. The first-order chi connectivity index (χ1) is 7.22. The highest BCUT2D eigenvalue weighted by Crippen LogP contribution is 2.30. The van der Waals surface area contributed by atoms with Crippen molar-refractivity contribution in [2.45, 2.75) is 57.4 Å². The van der Waals surface area contributed by atoms with Gasteiger partial charge in [-0.05, 0) is 52.9 Å². The van der Waals surface area contributed by atoms with Gasteiger partial charge in [0.2, 0.25) is 0 Å². The zero-order chi connectivity index (χ0) is 11.1. The van der Waals surface area contributed by atoms with Crippen LogP contribution in [0, 0.1) is 0 Å². The first-order valence-electron chi connectivity index (χ1n) is 6.60. The Labute approximate surface area is 95.4 Å². The highest BCUT2D eigenvalue weighted by Gasteiger charge is 2.29. The lowest BCUT2D eigenvalue weighted by molar-refractivity contribution is 0.197. The average molecular weight is 212 g/mol. The number of rotatable bonds is 6. The molecule has 0 atom stereocenters. The van der Waals surface area contributed by atoms with Crippen molar-refractivity contribution in [1.82, 2.24) is 10.2 Å². The molecule has 0 aromatic rings. The van der Waals surface area contributed by atoms with E-state index in [4.69, 9.17) is 0 Å². The van der Waals surface area contributed by atoms with Crippen LogP contribution in [0.4, 0.5) is 0 Å². The van der Waals surface area contributed by atoms with E-state index in [-0.39, 0.29) is 0 Å². The van der Waals surface area contributed by atoms with Crippen molar-refractivity contribution in [2.75, 3.05) is 27.2 Å². The minimum absolute atomic E-state index is 0.459. The molecule has 0 aromatic carbocycles. The van der Waals surface area contributed by atoms with Crippen LogP contribution in [0.3, 0.4) is 0 Å². The summed E-state index contributed by atoms with van der Waals surface area (Å²) in [7, 11) is 4.39. The molecular formula is C13H28N2. The second kappa shape index (κ2) is 6.49. The van der Waals surface area contributed by atoms with E-state index in [9.17, 15) is 0 Å². The SMILES string of the molecule is CCCN(C)CCC1(NC)CCCCC1. The quantitative estimate of drug-likeness (QED) is 0.728. The van der Waals surface area contributed by atoms with Crippen LogP contribution in [0.15, 0.2) is 0 Å². The molecule has 0 aliphatic heterocycles. The fourth-order valence-corrected chi connectivity index (χ4v) is 2.75. The monoisotopic (exact) mass is 212 g/mol. The van der Waals surface area contributed by atoms with Crippen molar-refractivity contribution in [3.63, 3.8) is 0 Å². The van der Waals surface area contributed by atoms with Crippen LogP contribution in [0.2, 0.25) is 0 Å². The highest BCUT2D eigenvalue weighted by atomic mass is 15.1. The van der Waals surface area contributed by atoms with Crippen molar-refractivity contribution in [1.29, 1.82) is 0 Å². The molecule has 1 aliphatic rings. The summed E-state index contributed by atoms with van der Waals surface area (Å²) in [6.07, 6.45) is 9.61. The van der Waals surface area contributed by atoms with Crippen molar-refractivity contribution >= 4 is 0 Å². The van der Waals surface area contributed by atoms with E-state index in [1.54, 1.807) is 0 Å². The number of hydrogen-bond acceptors (Lipinski definition) is 2. The molecule has 1 rings (SSSR count). The Balaban J connectivity index is 2.32. The van der Waals surface area contributed by atoms with E-state index < -0.39 is 0 Å². The smallest absolute Gasteiger partial charge is 0.0190 e. The summed E-state index contributed by atoms with van der Waals surface area (Å²) in [5, 5.41) is 3.59. The van der Waals surface area contributed by atoms with Crippen molar-refractivity contribution < 1.29 is 0 Å². The van der Waals surface area contributed by atoms with Crippen LogP contribution in [0.5, 0.6) is 0 Å². The Morgan fingerprint density at radius 3 is 2.33 bits per heavy atom. The third-order valence-electron chi connectivity index (χ3n) is 3.92. The zero-order valence-corrected chi connectivity index (χ0v) is 10.8. The summed E-state index contributed by atoms with van der Waals surface area (Å²) >= 11 is 0. The van der Waals surface area contributed by atoms with E-state index in [1.807, 2.05) is 0 Å². The van der Waals surface area contributed by atoms with Gasteiger partial charge in [-0.15, -0.1) is 0 Å². The lowest BCUT2D eigenvalue weighted by Crippen LogP contribution is -2.46. The van der Waals surface area contributed by atoms with Gasteiger partial charge in [-0.2, -0.15) is 0 Å². The minimum atomic E-state index is 0.459. The molecule has 0 radical (unpaired) electrons. The Morgan fingerprint density at radius 2 is 1.80 bits per heavy atom. The molecule has 90 valence electrons. The molecule has 1 N–H and O–H groups in total. The largest absolute Gasteiger partial charge is 0.314 e. The topological polar surface area (TPSA) is 15.3 Å². The molecule has 2 heteroatoms. The van der Waals surface area contributed by atoms with Gasteiger partial charge < -0.3 is 10.2 Å². The molecule has 1 fully saturated rings. The molecule has 0 heterocycles. The molecule has 0 spiro atoms. The summed E-state index contributed by atoms with van der Waals surface area (Å²) in [4.78, 5) is 2.47. The van der Waals surface area contributed by atoms with E-state index in [1.165, 1.54) is 58.0 Å². The van der Waals surface area contributed by atoms with Gasteiger partial charge >= 0.3 is 0 Å². The maximum absolute atomic E-state index is 3.59. The summed E-state index contributed by atoms with van der Waals surface area (Å²) in [6.45, 7) is 4.74. The van der Waals surface area contributed by atoms with Gasteiger partial charge in [0.25, 0.3) is 0 Å². The van der Waals surface area contributed by atoms with Gasteiger partial charge in [0.1, 0.15) is 0 Å². The van der Waals surface area contributed by atoms with Crippen molar-refractivity contribution in [3.05, 3.63) is 0 Å². The Morgan fingerprint density at radius 1 is 1.13 bits per heavy atom. The fraction of sp³-hybridized carbons (Fsp3) is 1.00. The minimum Gasteiger partial charge on any atom is -0.314 e. The molecule has 15 heavy (non-hydrogen) atoms. The predicted octanol–water partition coefficient (Wildman–Crippen LogP) is 2.64. The van der Waals surface area contributed by atoms with Gasteiger partial charge in [0.05, 0.1) is 0 Å². The van der Waals surface area contributed by atoms with Crippen LogP contribution in [-0.4, -0.2) is 37.6 Å². The van der Waals surface area contributed by atoms with Gasteiger partial charge in [-0.1, -0.05) is 26.2 Å². The standard InChI is InChI=1S/C13H28N2/c1-4-11-15(3)12-10-13(14-2)8-6-5-7-9-13/h14H,4-12H2,1-3H3. The molecule has 0 bridgehead atoms. The summed E-state index contributed by atoms with van der Waals surface area (Å²) in [5.41, 5.74) is 0.459. The Kier molecular flexibility index (Phi) is 5.62. The average Bonchev–Trinajstić information content (AvgIpc) is 2.28. The van der Waals surface area contributed by atoms with E-state index in [0.29, 0.717) is 5.54 Å². The number of nitrogens with zero attached hydrogens (tertiary/aromatic N) is 1.